The van der Waals surface area contributed by atoms with E-state index < -0.39 is 0 Å². The SMILES string of the molecule is CCONCc1cccc(OC)c1O. The number of hydrogen-bond acceptors (Lipinski definition) is 4. The Labute approximate surface area is 83.4 Å². The Kier molecular flexibility index (Phi) is 4.22. The molecular weight excluding hydrogens is 182 g/mol. The maximum Gasteiger partial charge on any atom is 0.162 e. The minimum atomic E-state index is 0.155. The van der Waals surface area contributed by atoms with Crippen LogP contribution in [0, 0.1) is 0 Å². The van der Waals surface area contributed by atoms with Crippen molar-refractivity contribution in [3.63, 3.8) is 0 Å². The van der Waals surface area contributed by atoms with Gasteiger partial charge in [-0.1, -0.05) is 12.1 Å². The monoisotopic (exact) mass is 197 g/mol. The molecule has 0 amide bonds. The van der Waals surface area contributed by atoms with Gasteiger partial charge >= 0.3 is 0 Å². The van der Waals surface area contributed by atoms with Gasteiger partial charge in [-0.2, -0.15) is 5.48 Å². The second kappa shape index (κ2) is 5.47. The highest BCUT2D eigenvalue weighted by Crippen LogP contribution is 2.28. The zero-order chi connectivity index (χ0) is 10.4. The average Bonchev–Trinajstić information content (AvgIpc) is 2.21. The highest BCUT2D eigenvalue weighted by atomic mass is 16.6. The minimum absolute atomic E-state index is 0.155. The largest absolute Gasteiger partial charge is 0.504 e. The predicted octanol–water partition coefficient (Wildman–Crippen LogP) is 1.44. The van der Waals surface area contributed by atoms with Crippen LogP contribution in [-0.2, 0) is 11.4 Å². The molecule has 0 heterocycles. The number of phenolic OH excluding ortho intramolecular Hbond substituents is 1. The van der Waals surface area contributed by atoms with Crippen molar-refractivity contribution in [3.8, 4) is 11.5 Å². The Bertz CT molecular complexity index is 289. The second-order valence-electron chi connectivity index (χ2n) is 2.72. The number of hydrogen-bond donors (Lipinski definition) is 2. The molecule has 1 aromatic rings. The highest BCUT2D eigenvalue weighted by Gasteiger charge is 2.05. The number of ether oxygens (including phenoxy) is 1. The first kappa shape index (κ1) is 10.8. The molecule has 0 saturated carbocycles. The van der Waals surface area contributed by atoms with E-state index in [1.165, 1.54) is 7.11 Å². The lowest BCUT2D eigenvalue weighted by atomic mass is 10.2. The third-order valence-corrected chi connectivity index (χ3v) is 1.81. The van der Waals surface area contributed by atoms with Crippen molar-refractivity contribution >= 4 is 0 Å². The first-order valence-electron chi connectivity index (χ1n) is 4.49. The Hall–Kier alpha value is -1.26. The van der Waals surface area contributed by atoms with Crippen molar-refractivity contribution in [1.29, 1.82) is 0 Å². The number of benzene rings is 1. The van der Waals surface area contributed by atoms with Crippen molar-refractivity contribution < 1.29 is 14.7 Å². The van der Waals surface area contributed by atoms with Gasteiger partial charge in [0, 0.05) is 12.1 Å². The molecule has 0 aliphatic carbocycles. The van der Waals surface area contributed by atoms with Crippen LogP contribution in [0.2, 0.25) is 0 Å². The summed E-state index contributed by atoms with van der Waals surface area (Å²) in [6, 6.07) is 5.34. The summed E-state index contributed by atoms with van der Waals surface area (Å²) in [7, 11) is 1.52. The number of phenols is 1. The van der Waals surface area contributed by atoms with Crippen LogP contribution in [0.15, 0.2) is 18.2 Å². The van der Waals surface area contributed by atoms with E-state index in [9.17, 15) is 5.11 Å². The van der Waals surface area contributed by atoms with Gasteiger partial charge in [0.2, 0.25) is 0 Å². The van der Waals surface area contributed by atoms with Gasteiger partial charge in [0.05, 0.1) is 13.7 Å². The molecule has 0 atom stereocenters. The lowest BCUT2D eigenvalue weighted by molar-refractivity contribution is 0.0458. The second-order valence-corrected chi connectivity index (χ2v) is 2.72. The van der Waals surface area contributed by atoms with E-state index >= 15 is 0 Å². The molecule has 4 nitrogen and oxygen atoms in total. The third-order valence-electron chi connectivity index (χ3n) is 1.81. The highest BCUT2D eigenvalue weighted by molar-refractivity contribution is 5.45. The Morgan fingerprint density at radius 2 is 2.21 bits per heavy atom. The van der Waals surface area contributed by atoms with Crippen molar-refractivity contribution in [2.24, 2.45) is 0 Å². The molecule has 78 valence electrons. The van der Waals surface area contributed by atoms with E-state index in [-0.39, 0.29) is 5.75 Å². The number of nitrogens with one attached hydrogen (secondary N) is 1. The van der Waals surface area contributed by atoms with Crippen LogP contribution in [0.5, 0.6) is 11.5 Å². The molecule has 0 saturated heterocycles. The van der Waals surface area contributed by atoms with Gasteiger partial charge in [-0.3, -0.25) is 0 Å². The minimum Gasteiger partial charge on any atom is -0.504 e. The first-order chi connectivity index (χ1) is 6.79. The summed E-state index contributed by atoms with van der Waals surface area (Å²) in [6.07, 6.45) is 0. The Morgan fingerprint density at radius 1 is 1.43 bits per heavy atom. The van der Waals surface area contributed by atoms with Gasteiger partial charge in [0.15, 0.2) is 11.5 Å². The molecule has 4 heteroatoms. The number of rotatable bonds is 5. The van der Waals surface area contributed by atoms with Crippen molar-refractivity contribution in [3.05, 3.63) is 23.8 Å². The van der Waals surface area contributed by atoms with E-state index in [1.807, 2.05) is 19.1 Å². The molecule has 0 radical (unpaired) electrons. The summed E-state index contributed by atoms with van der Waals surface area (Å²) in [5.74, 6) is 0.628. The van der Waals surface area contributed by atoms with E-state index in [2.05, 4.69) is 5.48 Å². The normalized spacial score (nSPS) is 10.1. The number of aromatic hydroxyl groups is 1. The summed E-state index contributed by atoms with van der Waals surface area (Å²) < 4.78 is 4.97. The van der Waals surface area contributed by atoms with Crippen LogP contribution in [0.4, 0.5) is 0 Å². The van der Waals surface area contributed by atoms with Crippen LogP contribution in [-0.4, -0.2) is 18.8 Å². The fraction of sp³-hybridized carbons (Fsp3) is 0.400. The molecule has 0 fully saturated rings. The Balaban J connectivity index is 2.66. The van der Waals surface area contributed by atoms with Crippen molar-refractivity contribution in [2.75, 3.05) is 13.7 Å². The van der Waals surface area contributed by atoms with Gasteiger partial charge in [-0.05, 0) is 13.0 Å². The molecular formula is C10H15NO3. The molecule has 0 aliphatic rings. The first-order valence-corrected chi connectivity index (χ1v) is 4.49. The van der Waals surface area contributed by atoms with Crippen LogP contribution in [0.3, 0.4) is 0 Å². The van der Waals surface area contributed by atoms with Crippen LogP contribution < -0.4 is 10.2 Å². The third kappa shape index (κ3) is 2.61. The van der Waals surface area contributed by atoms with Crippen molar-refractivity contribution in [2.45, 2.75) is 13.5 Å². The Morgan fingerprint density at radius 3 is 2.86 bits per heavy atom. The van der Waals surface area contributed by atoms with E-state index in [4.69, 9.17) is 9.57 Å². The van der Waals surface area contributed by atoms with Gasteiger partial charge < -0.3 is 14.7 Å². The maximum absolute atomic E-state index is 9.67. The summed E-state index contributed by atoms with van der Waals surface area (Å²) >= 11 is 0. The molecule has 0 bridgehead atoms. The van der Waals surface area contributed by atoms with Crippen LogP contribution in [0.25, 0.3) is 0 Å². The standard InChI is InChI=1S/C10H15NO3/c1-3-14-11-7-8-5-4-6-9(13-2)10(8)12/h4-6,11-12H,3,7H2,1-2H3. The van der Waals surface area contributed by atoms with E-state index in [0.29, 0.717) is 18.9 Å². The number of para-hydroxylation sites is 1. The average molecular weight is 197 g/mol. The smallest absolute Gasteiger partial charge is 0.162 e. The van der Waals surface area contributed by atoms with Gasteiger partial charge in [0.25, 0.3) is 0 Å². The molecule has 1 rings (SSSR count). The fourth-order valence-corrected chi connectivity index (χ4v) is 1.11. The number of methoxy groups -OCH3 is 1. The van der Waals surface area contributed by atoms with Gasteiger partial charge in [-0.25, -0.2) is 0 Å². The van der Waals surface area contributed by atoms with Crippen LogP contribution in [0.1, 0.15) is 12.5 Å². The van der Waals surface area contributed by atoms with Crippen molar-refractivity contribution in [1.82, 2.24) is 5.48 Å². The lowest BCUT2D eigenvalue weighted by Crippen LogP contribution is -2.13. The zero-order valence-electron chi connectivity index (χ0n) is 8.41. The zero-order valence-corrected chi connectivity index (χ0v) is 8.41. The molecule has 14 heavy (non-hydrogen) atoms. The quantitative estimate of drug-likeness (QED) is 0.554. The van der Waals surface area contributed by atoms with E-state index in [1.54, 1.807) is 6.07 Å². The summed E-state index contributed by atoms with van der Waals surface area (Å²) in [5, 5.41) is 9.67. The van der Waals surface area contributed by atoms with Crippen LogP contribution >= 0.6 is 0 Å². The predicted molar refractivity (Wildman–Crippen MR) is 53.1 cm³/mol. The summed E-state index contributed by atoms with van der Waals surface area (Å²) in [5.41, 5.74) is 3.48. The summed E-state index contributed by atoms with van der Waals surface area (Å²) in [6.45, 7) is 2.93. The molecule has 0 aromatic heterocycles. The van der Waals surface area contributed by atoms with Gasteiger partial charge in [0.1, 0.15) is 0 Å². The van der Waals surface area contributed by atoms with E-state index in [0.717, 1.165) is 5.56 Å². The lowest BCUT2D eigenvalue weighted by Gasteiger charge is -2.09. The summed E-state index contributed by atoms with van der Waals surface area (Å²) in [4.78, 5) is 4.96. The van der Waals surface area contributed by atoms with Gasteiger partial charge in [-0.15, -0.1) is 0 Å². The molecule has 2 N–H and O–H groups in total. The molecule has 1 aromatic carbocycles. The maximum atomic E-state index is 9.67. The fourth-order valence-electron chi connectivity index (χ4n) is 1.11. The number of hydroxylamine groups is 1. The molecule has 0 spiro atoms. The topological polar surface area (TPSA) is 50.7 Å². The molecule has 0 unspecified atom stereocenters. The molecule has 0 aliphatic heterocycles.